The molecule has 32 heavy (non-hydrogen) atoms. The molecule has 0 saturated heterocycles. The molecule has 2 aromatic heterocycles. The zero-order valence-corrected chi connectivity index (χ0v) is 20.8. The molecule has 0 amide bonds. The van der Waals surface area contributed by atoms with Crippen LogP contribution in [0, 0.1) is 0 Å². The Morgan fingerprint density at radius 3 is 2.56 bits per heavy atom. The molecule has 0 spiro atoms. The maximum atomic E-state index is 12.5. The lowest BCUT2D eigenvalue weighted by Gasteiger charge is -2.36. The summed E-state index contributed by atoms with van der Waals surface area (Å²) >= 11 is 0. The Labute approximate surface area is 188 Å². The van der Waals surface area contributed by atoms with Crippen LogP contribution in [0.25, 0.3) is 16.9 Å². The highest BCUT2D eigenvalue weighted by molar-refractivity contribution is 6.74. The van der Waals surface area contributed by atoms with Crippen molar-refractivity contribution >= 4 is 31.8 Å². The Hall–Kier alpha value is -2.82. The Balaban J connectivity index is 2.04. The van der Waals surface area contributed by atoms with Crippen molar-refractivity contribution in [2.75, 3.05) is 14.1 Å². The summed E-state index contributed by atoms with van der Waals surface area (Å²) in [4.78, 5) is 29.8. The van der Waals surface area contributed by atoms with Gasteiger partial charge in [0.15, 0.2) is 19.5 Å². The number of hydrogen-bond donors (Lipinski definition) is 2. The van der Waals surface area contributed by atoms with Gasteiger partial charge in [0.2, 0.25) is 5.95 Å². The maximum Gasteiger partial charge on any atom is 0.280 e. The molecule has 9 nitrogen and oxygen atoms in total. The summed E-state index contributed by atoms with van der Waals surface area (Å²) in [6.07, 6.45) is 3.12. The van der Waals surface area contributed by atoms with E-state index < -0.39 is 8.32 Å². The van der Waals surface area contributed by atoms with E-state index in [-0.39, 0.29) is 28.7 Å². The van der Waals surface area contributed by atoms with Crippen LogP contribution in [0.4, 0.5) is 5.95 Å². The van der Waals surface area contributed by atoms with E-state index in [0.717, 1.165) is 16.8 Å². The van der Waals surface area contributed by atoms with E-state index in [0.29, 0.717) is 12.3 Å². The molecule has 1 aromatic carbocycles. The lowest BCUT2D eigenvalue weighted by atomic mass is 10.1. The van der Waals surface area contributed by atoms with Crippen LogP contribution in [0.2, 0.25) is 18.1 Å². The van der Waals surface area contributed by atoms with Crippen molar-refractivity contribution in [1.82, 2.24) is 24.4 Å². The third-order valence-corrected chi connectivity index (χ3v) is 10.2. The van der Waals surface area contributed by atoms with Crippen molar-refractivity contribution in [1.29, 1.82) is 0 Å². The molecule has 3 aromatic rings. The highest BCUT2D eigenvalue weighted by Crippen LogP contribution is 2.37. The van der Waals surface area contributed by atoms with Gasteiger partial charge in [-0.15, -0.1) is 0 Å². The van der Waals surface area contributed by atoms with E-state index in [1.807, 2.05) is 32.3 Å². The summed E-state index contributed by atoms with van der Waals surface area (Å²) in [5, 5.41) is 9.91. The Bertz CT molecular complexity index is 1190. The SMILES string of the molecule is CN(C)/C=N/c1nc2c(ncn2-c2cc(CO)cc(CO[Si](C)(C)C(C)(C)C)c2)c(=O)[nH]1. The van der Waals surface area contributed by atoms with Gasteiger partial charge in [-0.2, -0.15) is 4.98 Å². The van der Waals surface area contributed by atoms with Crippen molar-refractivity contribution in [3.8, 4) is 5.69 Å². The van der Waals surface area contributed by atoms with Gasteiger partial charge in [0, 0.05) is 19.8 Å². The van der Waals surface area contributed by atoms with Crippen LogP contribution in [0.1, 0.15) is 31.9 Å². The summed E-state index contributed by atoms with van der Waals surface area (Å²) in [7, 11) is 1.73. The first-order valence-electron chi connectivity index (χ1n) is 10.5. The summed E-state index contributed by atoms with van der Waals surface area (Å²) in [5.74, 6) is 0.192. The molecule has 3 rings (SSSR count). The van der Waals surface area contributed by atoms with Crippen molar-refractivity contribution in [3.05, 3.63) is 46.0 Å². The van der Waals surface area contributed by atoms with Gasteiger partial charge in [0.05, 0.1) is 19.6 Å². The number of aromatic nitrogens is 4. The fourth-order valence-corrected chi connectivity index (χ4v) is 3.82. The topological polar surface area (TPSA) is 109 Å². The number of fused-ring (bicyclic) bond motifs is 1. The van der Waals surface area contributed by atoms with Gasteiger partial charge in [-0.05, 0) is 41.4 Å². The standard InChI is InChI=1S/C22H32N6O3Si/c1-22(2,3)32(6,7)31-12-16-8-15(11-29)9-17(10-16)28-14-23-18-19(28)25-21(26-20(18)30)24-13-27(4)5/h8-10,13-14,29H,11-12H2,1-7H3,(H,25,26,30)/b24-13+. The van der Waals surface area contributed by atoms with Crippen molar-refractivity contribution in [3.63, 3.8) is 0 Å². The van der Waals surface area contributed by atoms with Crippen LogP contribution < -0.4 is 5.56 Å². The van der Waals surface area contributed by atoms with Gasteiger partial charge >= 0.3 is 0 Å². The molecule has 2 N–H and O–H groups in total. The highest BCUT2D eigenvalue weighted by atomic mass is 28.4. The first-order valence-corrected chi connectivity index (χ1v) is 13.4. The summed E-state index contributed by atoms with van der Waals surface area (Å²) in [6.45, 7) is 11.3. The minimum atomic E-state index is -1.94. The fraction of sp³-hybridized carbons (Fsp3) is 0.455. The number of nitrogens with one attached hydrogen (secondary N) is 1. The summed E-state index contributed by atoms with van der Waals surface area (Å²) in [6, 6.07) is 5.75. The number of aliphatic hydroxyl groups excluding tert-OH is 1. The number of aliphatic imine (C=N–C) groups is 1. The van der Waals surface area contributed by atoms with E-state index in [4.69, 9.17) is 4.43 Å². The number of nitrogens with zero attached hydrogens (tertiary/aromatic N) is 5. The minimum absolute atomic E-state index is 0.0966. The van der Waals surface area contributed by atoms with Crippen LogP contribution >= 0.6 is 0 Å². The zero-order valence-electron chi connectivity index (χ0n) is 19.8. The summed E-state index contributed by atoms with van der Waals surface area (Å²) < 4.78 is 8.10. The normalized spacial score (nSPS) is 12.8. The lowest BCUT2D eigenvalue weighted by molar-refractivity contribution is 0.272. The maximum absolute atomic E-state index is 12.5. The average Bonchev–Trinajstić information content (AvgIpc) is 3.14. The number of H-pyrrole nitrogens is 1. The van der Waals surface area contributed by atoms with E-state index in [1.54, 1.807) is 22.1 Å². The molecule has 0 saturated carbocycles. The van der Waals surface area contributed by atoms with Crippen LogP contribution in [0.3, 0.4) is 0 Å². The third-order valence-electron chi connectivity index (χ3n) is 5.71. The van der Waals surface area contributed by atoms with E-state index >= 15 is 0 Å². The molecule has 0 aliphatic carbocycles. The lowest BCUT2D eigenvalue weighted by Crippen LogP contribution is -2.40. The van der Waals surface area contributed by atoms with Crippen molar-refractivity contribution in [2.45, 2.75) is 52.1 Å². The molecule has 10 heteroatoms. The molecule has 0 aliphatic rings. The molecule has 0 fully saturated rings. The molecule has 0 bridgehead atoms. The zero-order chi connectivity index (χ0) is 23.7. The van der Waals surface area contributed by atoms with Crippen LogP contribution in [0.5, 0.6) is 0 Å². The quantitative estimate of drug-likeness (QED) is 0.321. The van der Waals surface area contributed by atoms with Gasteiger partial charge in [-0.3, -0.25) is 14.3 Å². The average molecular weight is 457 g/mol. The van der Waals surface area contributed by atoms with Gasteiger partial charge in [0.1, 0.15) is 6.33 Å². The second-order valence-corrected chi connectivity index (χ2v) is 14.4. The number of benzene rings is 1. The van der Waals surface area contributed by atoms with Gasteiger partial charge in [-0.1, -0.05) is 26.8 Å². The van der Waals surface area contributed by atoms with Crippen LogP contribution in [-0.2, 0) is 17.6 Å². The molecular weight excluding hydrogens is 424 g/mol. The highest BCUT2D eigenvalue weighted by Gasteiger charge is 2.37. The predicted molar refractivity (Wildman–Crippen MR) is 129 cm³/mol. The van der Waals surface area contributed by atoms with Gasteiger partial charge in [0.25, 0.3) is 5.56 Å². The molecule has 2 heterocycles. The van der Waals surface area contributed by atoms with E-state index in [1.165, 1.54) is 0 Å². The second kappa shape index (κ2) is 8.97. The summed E-state index contributed by atoms with van der Waals surface area (Å²) in [5.41, 5.74) is 2.68. The number of rotatable bonds is 7. The number of aromatic amines is 1. The first kappa shape index (κ1) is 23.8. The van der Waals surface area contributed by atoms with E-state index in [2.05, 4.69) is 53.8 Å². The van der Waals surface area contributed by atoms with Crippen molar-refractivity contribution in [2.24, 2.45) is 4.99 Å². The first-order chi connectivity index (χ1) is 14.9. The van der Waals surface area contributed by atoms with Crippen LogP contribution in [-0.4, -0.2) is 58.3 Å². The molecule has 0 unspecified atom stereocenters. The Morgan fingerprint density at radius 2 is 1.94 bits per heavy atom. The molecule has 0 radical (unpaired) electrons. The second-order valence-electron chi connectivity index (χ2n) is 9.60. The minimum Gasteiger partial charge on any atom is -0.413 e. The van der Waals surface area contributed by atoms with Crippen LogP contribution in [0.15, 0.2) is 34.3 Å². The Morgan fingerprint density at radius 1 is 1.25 bits per heavy atom. The van der Waals surface area contributed by atoms with Gasteiger partial charge in [-0.25, -0.2) is 9.98 Å². The smallest absolute Gasteiger partial charge is 0.280 e. The number of aliphatic hydroxyl groups is 1. The monoisotopic (exact) mass is 456 g/mol. The van der Waals surface area contributed by atoms with E-state index in [9.17, 15) is 9.90 Å². The predicted octanol–water partition coefficient (Wildman–Crippen LogP) is 3.34. The van der Waals surface area contributed by atoms with Crippen molar-refractivity contribution < 1.29 is 9.53 Å². The number of imidazole rings is 1. The third kappa shape index (κ3) is 5.14. The molecule has 0 atom stereocenters. The van der Waals surface area contributed by atoms with Gasteiger partial charge < -0.3 is 14.4 Å². The number of hydrogen-bond acceptors (Lipinski definition) is 6. The molecular formula is C22H32N6O3Si. The molecule has 172 valence electrons. The largest absolute Gasteiger partial charge is 0.413 e. The molecule has 0 aliphatic heterocycles. The Kier molecular flexibility index (Phi) is 6.68. The fourth-order valence-electron chi connectivity index (χ4n) is 2.86.